The number of benzene rings is 1. The van der Waals surface area contributed by atoms with Crippen molar-refractivity contribution in [3.05, 3.63) is 38.7 Å². The third kappa shape index (κ3) is 4.93. The minimum atomic E-state index is -1.11. The second-order valence-electron chi connectivity index (χ2n) is 5.33. The summed E-state index contributed by atoms with van der Waals surface area (Å²) in [7, 11) is 2.97. The quantitative estimate of drug-likeness (QED) is 0.356. The van der Waals surface area contributed by atoms with Crippen molar-refractivity contribution in [3.8, 4) is 11.8 Å². The van der Waals surface area contributed by atoms with E-state index in [1.54, 1.807) is 12.1 Å². The molecule has 0 spiro atoms. The number of nitrogens with two attached hydrogens (primary N) is 1. The highest BCUT2D eigenvalue weighted by molar-refractivity contribution is 14.1. The fourth-order valence-corrected chi connectivity index (χ4v) is 2.97. The first-order valence-electron chi connectivity index (χ1n) is 7.80. The van der Waals surface area contributed by atoms with Crippen LogP contribution in [0.5, 0.6) is 11.8 Å². The van der Waals surface area contributed by atoms with E-state index in [4.69, 9.17) is 19.9 Å². The molecule has 2 aromatic rings. The molecule has 3 N–H and O–H groups in total. The first kappa shape index (κ1) is 19.7. The zero-order valence-corrected chi connectivity index (χ0v) is 16.6. The first-order valence-corrected chi connectivity index (χ1v) is 8.88. The molecule has 1 heterocycles. The Kier molecular flexibility index (Phi) is 7.21. The molecule has 0 aliphatic heterocycles. The molecule has 8 heteroatoms. The number of hydrogen-bond donors (Lipinski definition) is 2. The monoisotopic (exact) mass is 459 g/mol. The Bertz CT molecular complexity index is 705. The maximum Gasteiger partial charge on any atom is 0.220 e. The topological polar surface area (TPSA) is 99.7 Å². The molecular formula is C17H22IN3O4. The second-order valence-corrected chi connectivity index (χ2v) is 6.58. The SMILES string of the molecule is CCCOCc1cc(I)cc(C(O)c2nc(OC)cc(OC)n2)c1N. The summed E-state index contributed by atoms with van der Waals surface area (Å²) >= 11 is 2.18. The van der Waals surface area contributed by atoms with Gasteiger partial charge in [-0.25, -0.2) is 0 Å². The molecule has 25 heavy (non-hydrogen) atoms. The summed E-state index contributed by atoms with van der Waals surface area (Å²) in [6.07, 6.45) is -0.180. The molecule has 2 rings (SSSR count). The van der Waals surface area contributed by atoms with Crippen LogP contribution in [0.25, 0.3) is 0 Å². The summed E-state index contributed by atoms with van der Waals surface area (Å²) in [5, 5.41) is 10.8. The van der Waals surface area contributed by atoms with Crippen molar-refractivity contribution < 1.29 is 19.3 Å². The van der Waals surface area contributed by atoms with Crippen LogP contribution >= 0.6 is 22.6 Å². The number of nitrogens with zero attached hydrogens (tertiary/aromatic N) is 2. The van der Waals surface area contributed by atoms with E-state index in [1.807, 2.05) is 13.0 Å². The molecule has 1 aromatic carbocycles. The Balaban J connectivity index is 2.40. The van der Waals surface area contributed by atoms with E-state index in [2.05, 4.69) is 32.6 Å². The lowest BCUT2D eigenvalue weighted by Gasteiger charge is -2.17. The van der Waals surface area contributed by atoms with E-state index in [0.29, 0.717) is 36.2 Å². The molecule has 0 aliphatic rings. The summed E-state index contributed by atoms with van der Waals surface area (Å²) in [5.41, 5.74) is 8.07. The van der Waals surface area contributed by atoms with Crippen molar-refractivity contribution >= 4 is 28.3 Å². The van der Waals surface area contributed by atoms with E-state index < -0.39 is 6.10 Å². The highest BCUT2D eigenvalue weighted by Gasteiger charge is 2.21. The lowest BCUT2D eigenvalue weighted by Crippen LogP contribution is -2.12. The number of rotatable bonds is 8. The van der Waals surface area contributed by atoms with Crippen LogP contribution in [0.3, 0.4) is 0 Å². The van der Waals surface area contributed by atoms with Crippen LogP contribution in [-0.4, -0.2) is 35.9 Å². The second kappa shape index (κ2) is 9.16. The highest BCUT2D eigenvalue weighted by atomic mass is 127. The Labute approximate surface area is 160 Å². The van der Waals surface area contributed by atoms with Crippen molar-refractivity contribution in [2.75, 3.05) is 26.6 Å². The van der Waals surface area contributed by atoms with Crippen molar-refractivity contribution in [1.29, 1.82) is 0 Å². The Morgan fingerprint density at radius 1 is 1.16 bits per heavy atom. The number of anilines is 1. The molecule has 0 radical (unpaired) electrons. The number of nitrogen functional groups attached to an aromatic ring is 1. The van der Waals surface area contributed by atoms with Gasteiger partial charge in [0, 0.05) is 27.0 Å². The van der Waals surface area contributed by atoms with Crippen molar-refractivity contribution in [1.82, 2.24) is 9.97 Å². The van der Waals surface area contributed by atoms with E-state index >= 15 is 0 Å². The lowest BCUT2D eigenvalue weighted by molar-refractivity contribution is 0.121. The van der Waals surface area contributed by atoms with Gasteiger partial charge < -0.3 is 25.1 Å². The smallest absolute Gasteiger partial charge is 0.220 e. The van der Waals surface area contributed by atoms with E-state index in [-0.39, 0.29) is 5.82 Å². The molecule has 1 unspecified atom stereocenters. The molecule has 7 nitrogen and oxygen atoms in total. The van der Waals surface area contributed by atoms with Gasteiger partial charge >= 0.3 is 0 Å². The molecule has 0 saturated carbocycles. The maximum atomic E-state index is 10.8. The van der Waals surface area contributed by atoms with Gasteiger partial charge in [-0.3, -0.25) is 0 Å². The minimum Gasteiger partial charge on any atom is -0.481 e. The van der Waals surface area contributed by atoms with Gasteiger partial charge in [0.1, 0.15) is 6.10 Å². The molecule has 0 aliphatic carbocycles. The minimum absolute atomic E-state index is 0.158. The van der Waals surface area contributed by atoms with E-state index in [9.17, 15) is 5.11 Å². The number of hydrogen-bond acceptors (Lipinski definition) is 7. The van der Waals surface area contributed by atoms with Gasteiger partial charge in [-0.2, -0.15) is 9.97 Å². The molecule has 136 valence electrons. The average Bonchev–Trinajstić information content (AvgIpc) is 2.63. The molecule has 1 aromatic heterocycles. The predicted molar refractivity (Wildman–Crippen MR) is 103 cm³/mol. The number of aromatic nitrogens is 2. The van der Waals surface area contributed by atoms with Crippen LogP contribution in [0.1, 0.15) is 36.4 Å². The van der Waals surface area contributed by atoms with Gasteiger partial charge in [-0.05, 0) is 41.1 Å². The standard InChI is InChI=1S/C17H22IN3O4/c1-4-5-25-9-10-6-11(18)7-12(15(10)19)16(22)17-20-13(23-2)8-14(21-17)24-3/h6-8,16,22H,4-5,9,19H2,1-3H3. The number of methoxy groups -OCH3 is 2. The zero-order chi connectivity index (χ0) is 18.4. The van der Waals surface area contributed by atoms with Gasteiger partial charge in [0.2, 0.25) is 11.8 Å². The summed E-state index contributed by atoms with van der Waals surface area (Å²) in [6.45, 7) is 3.08. The Morgan fingerprint density at radius 3 is 2.36 bits per heavy atom. The fourth-order valence-electron chi connectivity index (χ4n) is 2.26. The van der Waals surface area contributed by atoms with Crippen molar-refractivity contribution in [2.24, 2.45) is 0 Å². The summed E-state index contributed by atoms with van der Waals surface area (Å²) < 4.78 is 16.8. The molecule has 0 fully saturated rings. The van der Waals surface area contributed by atoms with Crippen LogP contribution < -0.4 is 15.2 Å². The zero-order valence-electron chi connectivity index (χ0n) is 14.5. The Hall–Kier alpha value is -1.65. The van der Waals surface area contributed by atoms with Crippen LogP contribution in [0.4, 0.5) is 5.69 Å². The first-order chi connectivity index (χ1) is 12.0. The van der Waals surface area contributed by atoms with Crippen molar-refractivity contribution in [3.63, 3.8) is 0 Å². The molecule has 0 amide bonds. The predicted octanol–water partition coefficient (Wildman–Crippen LogP) is 2.69. The summed E-state index contributed by atoms with van der Waals surface area (Å²) in [6, 6.07) is 5.28. The van der Waals surface area contributed by atoms with E-state index in [0.717, 1.165) is 15.6 Å². The highest BCUT2D eigenvalue weighted by Crippen LogP contribution is 2.31. The molecule has 0 bridgehead atoms. The number of aliphatic hydroxyl groups excluding tert-OH is 1. The van der Waals surface area contributed by atoms with Crippen molar-refractivity contribution in [2.45, 2.75) is 26.1 Å². The fraction of sp³-hybridized carbons (Fsp3) is 0.412. The van der Waals surface area contributed by atoms with E-state index in [1.165, 1.54) is 14.2 Å². The van der Waals surface area contributed by atoms with Crippen LogP contribution in [0.15, 0.2) is 18.2 Å². The lowest BCUT2D eigenvalue weighted by atomic mass is 10.0. The largest absolute Gasteiger partial charge is 0.481 e. The summed E-state index contributed by atoms with van der Waals surface area (Å²) in [5.74, 6) is 0.763. The third-order valence-corrected chi connectivity index (χ3v) is 4.15. The number of ether oxygens (including phenoxy) is 3. The summed E-state index contributed by atoms with van der Waals surface area (Å²) in [4.78, 5) is 8.40. The van der Waals surface area contributed by atoms with Gasteiger partial charge in [0.25, 0.3) is 0 Å². The Morgan fingerprint density at radius 2 is 1.80 bits per heavy atom. The molecule has 0 saturated heterocycles. The van der Waals surface area contributed by atoms with Gasteiger partial charge in [-0.1, -0.05) is 6.92 Å². The number of aliphatic hydroxyl groups is 1. The van der Waals surface area contributed by atoms with Gasteiger partial charge in [0.05, 0.1) is 26.9 Å². The number of halogens is 1. The molecular weight excluding hydrogens is 437 g/mol. The maximum absolute atomic E-state index is 10.8. The third-order valence-electron chi connectivity index (χ3n) is 3.52. The van der Waals surface area contributed by atoms with Crippen LogP contribution in [0.2, 0.25) is 0 Å². The average molecular weight is 459 g/mol. The normalized spacial score (nSPS) is 12.0. The van der Waals surface area contributed by atoms with Gasteiger partial charge in [-0.15, -0.1) is 0 Å². The van der Waals surface area contributed by atoms with Crippen LogP contribution in [-0.2, 0) is 11.3 Å². The van der Waals surface area contributed by atoms with Crippen LogP contribution in [0, 0.1) is 3.57 Å². The molecule has 1 atom stereocenters. The van der Waals surface area contributed by atoms with Gasteiger partial charge in [0.15, 0.2) is 5.82 Å².